The fraction of sp³-hybridized carbons (Fsp3) is 0.400. The van der Waals surface area contributed by atoms with E-state index in [1.807, 2.05) is 24.3 Å². The fourth-order valence-electron chi connectivity index (χ4n) is 2.03. The van der Waals surface area contributed by atoms with Crippen LogP contribution in [0.5, 0.6) is 0 Å². The number of hydrogen-bond acceptors (Lipinski definition) is 4. The van der Waals surface area contributed by atoms with Crippen LogP contribution in [0.1, 0.15) is 36.7 Å². The highest BCUT2D eigenvalue weighted by molar-refractivity contribution is 5.93. The molecule has 0 aliphatic rings. The summed E-state index contributed by atoms with van der Waals surface area (Å²) in [5, 5.41) is 2.92. The highest BCUT2D eigenvalue weighted by atomic mass is 16.1. The Hall–Kier alpha value is -2.01. The Bertz CT molecular complexity index is 585. The van der Waals surface area contributed by atoms with E-state index in [-0.39, 0.29) is 11.9 Å². The van der Waals surface area contributed by atoms with Crippen LogP contribution in [-0.4, -0.2) is 28.5 Å². The second-order valence-electron chi connectivity index (χ2n) is 4.79. The minimum Gasteiger partial charge on any atom is -0.347 e. The summed E-state index contributed by atoms with van der Waals surface area (Å²) in [7, 11) is 0. The highest BCUT2D eigenvalue weighted by Gasteiger charge is 2.14. The van der Waals surface area contributed by atoms with Gasteiger partial charge in [-0.15, -0.1) is 0 Å². The lowest BCUT2D eigenvalue weighted by molar-refractivity contribution is 0.0930. The first-order valence-corrected chi connectivity index (χ1v) is 6.97. The lowest BCUT2D eigenvalue weighted by Gasteiger charge is -2.16. The quantitative estimate of drug-likeness (QED) is 0.841. The summed E-state index contributed by atoms with van der Waals surface area (Å²) in [6.07, 6.45) is 4.53. The van der Waals surface area contributed by atoms with E-state index in [1.54, 1.807) is 0 Å². The van der Waals surface area contributed by atoms with E-state index in [9.17, 15) is 4.79 Å². The van der Waals surface area contributed by atoms with Crippen molar-refractivity contribution in [3.8, 4) is 0 Å². The van der Waals surface area contributed by atoms with Gasteiger partial charge < -0.3 is 11.1 Å². The smallest absolute Gasteiger partial charge is 0.271 e. The second kappa shape index (κ2) is 6.96. The van der Waals surface area contributed by atoms with E-state index in [4.69, 9.17) is 5.73 Å². The zero-order chi connectivity index (χ0) is 14.4. The SMILES string of the molecule is CCCCC(CN)NC(=O)c1cnc2ccccc2n1. The molecule has 0 saturated carbocycles. The third-order valence-electron chi connectivity index (χ3n) is 3.21. The highest BCUT2D eigenvalue weighted by Crippen LogP contribution is 2.09. The predicted octanol–water partition coefficient (Wildman–Crippen LogP) is 1.88. The van der Waals surface area contributed by atoms with E-state index in [1.165, 1.54) is 6.20 Å². The Balaban J connectivity index is 2.10. The van der Waals surface area contributed by atoms with Crippen molar-refractivity contribution in [2.45, 2.75) is 32.2 Å². The molecule has 5 heteroatoms. The molecule has 0 aliphatic heterocycles. The number of benzene rings is 1. The number of fused-ring (bicyclic) bond motifs is 1. The maximum Gasteiger partial charge on any atom is 0.271 e. The number of nitrogens with zero attached hydrogens (tertiary/aromatic N) is 2. The van der Waals surface area contributed by atoms with Gasteiger partial charge in [-0.05, 0) is 18.6 Å². The number of para-hydroxylation sites is 2. The zero-order valence-electron chi connectivity index (χ0n) is 11.7. The largest absolute Gasteiger partial charge is 0.347 e. The maximum absolute atomic E-state index is 12.2. The third kappa shape index (κ3) is 3.51. The lowest BCUT2D eigenvalue weighted by atomic mass is 10.1. The van der Waals surface area contributed by atoms with Crippen LogP contribution in [-0.2, 0) is 0 Å². The van der Waals surface area contributed by atoms with E-state index in [0.29, 0.717) is 12.2 Å². The Morgan fingerprint density at radius 3 is 2.80 bits per heavy atom. The van der Waals surface area contributed by atoms with Crippen molar-refractivity contribution < 1.29 is 4.79 Å². The molecule has 1 atom stereocenters. The minimum absolute atomic E-state index is 0.00396. The summed E-state index contributed by atoms with van der Waals surface area (Å²) in [6, 6.07) is 7.48. The molecular formula is C15H20N4O. The second-order valence-corrected chi connectivity index (χ2v) is 4.79. The first-order valence-electron chi connectivity index (χ1n) is 6.97. The van der Waals surface area contributed by atoms with Gasteiger partial charge in [-0.1, -0.05) is 31.9 Å². The molecule has 1 amide bonds. The normalized spacial score (nSPS) is 12.3. The summed E-state index contributed by atoms with van der Waals surface area (Å²) in [6.45, 7) is 2.55. The molecule has 0 radical (unpaired) electrons. The molecule has 2 rings (SSSR count). The van der Waals surface area contributed by atoms with Gasteiger partial charge in [0.05, 0.1) is 17.2 Å². The molecule has 0 aliphatic carbocycles. The van der Waals surface area contributed by atoms with Crippen molar-refractivity contribution in [3.63, 3.8) is 0 Å². The van der Waals surface area contributed by atoms with Crippen molar-refractivity contribution in [2.75, 3.05) is 6.54 Å². The molecule has 1 unspecified atom stereocenters. The standard InChI is InChI=1S/C15H20N4O/c1-2-3-6-11(9-16)18-15(20)14-10-17-12-7-4-5-8-13(12)19-14/h4-5,7-8,10-11H,2-3,6,9,16H2,1H3,(H,18,20). The molecule has 3 N–H and O–H groups in total. The number of carbonyl (C=O) groups excluding carboxylic acids is 1. The minimum atomic E-state index is -0.213. The molecule has 0 spiro atoms. The molecule has 1 aromatic heterocycles. The third-order valence-corrected chi connectivity index (χ3v) is 3.21. The summed E-state index contributed by atoms with van der Waals surface area (Å²) in [5.41, 5.74) is 7.51. The van der Waals surface area contributed by atoms with Crippen LogP contribution in [0.2, 0.25) is 0 Å². The van der Waals surface area contributed by atoms with Crippen LogP contribution in [0, 0.1) is 0 Å². The molecule has 0 fully saturated rings. The first kappa shape index (κ1) is 14.4. The number of aromatic nitrogens is 2. The van der Waals surface area contributed by atoms with E-state index in [0.717, 1.165) is 30.3 Å². The van der Waals surface area contributed by atoms with Gasteiger partial charge in [0.2, 0.25) is 0 Å². The van der Waals surface area contributed by atoms with Crippen LogP contribution < -0.4 is 11.1 Å². The molecule has 1 heterocycles. The molecule has 5 nitrogen and oxygen atoms in total. The van der Waals surface area contributed by atoms with Gasteiger partial charge in [0.25, 0.3) is 5.91 Å². The van der Waals surface area contributed by atoms with Gasteiger partial charge in [-0.3, -0.25) is 9.78 Å². The van der Waals surface area contributed by atoms with Gasteiger partial charge in [-0.2, -0.15) is 0 Å². The molecule has 1 aromatic carbocycles. The number of hydrogen-bond donors (Lipinski definition) is 2. The van der Waals surface area contributed by atoms with Gasteiger partial charge in [-0.25, -0.2) is 4.98 Å². The average Bonchev–Trinajstić information content (AvgIpc) is 2.50. The van der Waals surface area contributed by atoms with Gasteiger partial charge in [0.15, 0.2) is 0 Å². The number of nitrogens with one attached hydrogen (secondary N) is 1. The van der Waals surface area contributed by atoms with Crippen LogP contribution in [0.15, 0.2) is 30.5 Å². The zero-order valence-corrected chi connectivity index (χ0v) is 11.7. The van der Waals surface area contributed by atoms with Crippen LogP contribution in [0.25, 0.3) is 11.0 Å². The fourth-order valence-corrected chi connectivity index (χ4v) is 2.03. The van der Waals surface area contributed by atoms with Crippen LogP contribution >= 0.6 is 0 Å². The van der Waals surface area contributed by atoms with Gasteiger partial charge in [0, 0.05) is 12.6 Å². The Kier molecular flexibility index (Phi) is 5.01. The summed E-state index contributed by atoms with van der Waals surface area (Å²) >= 11 is 0. The first-order chi connectivity index (χ1) is 9.74. The molecule has 0 saturated heterocycles. The van der Waals surface area contributed by atoms with Crippen molar-refractivity contribution in [1.82, 2.24) is 15.3 Å². The molecular weight excluding hydrogens is 252 g/mol. The van der Waals surface area contributed by atoms with Gasteiger partial charge in [0.1, 0.15) is 5.69 Å². The van der Waals surface area contributed by atoms with Crippen molar-refractivity contribution in [2.24, 2.45) is 5.73 Å². The number of amides is 1. The Morgan fingerprint density at radius 1 is 1.35 bits per heavy atom. The number of nitrogens with two attached hydrogens (primary N) is 1. The summed E-state index contributed by atoms with van der Waals surface area (Å²) in [4.78, 5) is 20.7. The number of unbranched alkanes of at least 4 members (excludes halogenated alkanes) is 1. The molecule has 106 valence electrons. The summed E-state index contributed by atoms with van der Waals surface area (Å²) < 4.78 is 0. The summed E-state index contributed by atoms with van der Waals surface area (Å²) in [5.74, 6) is -0.213. The number of carbonyl (C=O) groups is 1. The molecule has 2 aromatic rings. The number of rotatable bonds is 6. The molecule has 20 heavy (non-hydrogen) atoms. The van der Waals surface area contributed by atoms with Gasteiger partial charge >= 0.3 is 0 Å². The van der Waals surface area contributed by atoms with Crippen molar-refractivity contribution >= 4 is 16.9 Å². The van der Waals surface area contributed by atoms with Crippen LogP contribution in [0.4, 0.5) is 0 Å². The maximum atomic E-state index is 12.2. The van der Waals surface area contributed by atoms with E-state index in [2.05, 4.69) is 22.2 Å². The van der Waals surface area contributed by atoms with E-state index < -0.39 is 0 Å². The Labute approximate surface area is 118 Å². The van der Waals surface area contributed by atoms with E-state index >= 15 is 0 Å². The monoisotopic (exact) mass is 272 g/mol. The molecule has 0 bridgehead atoms. The average molecular weight is 272 g/mol. The Morgan fingerprint density at radius 2 is 2.10 bits per heavy atom. The lowest BCUT2D eigenvalue weighted by Crippen LogP contribution is -2.40. The van der Waals surface area contributed by atoms with Crippen LogP contribution in [0.3, 0.4) is 0 Å². The van der Waals surface area contributed by atoms with Crippen molar-refractivity contribution in [3.05, 3.63) is 36.2 Å². The topological polar surface area (TPSA) is 80.9 Å². The predicted molar refractivity (Wildman–Crippen MR) is 79.4 cm³/mol. The van der Waals surface area contributed by atoms with Crippen molar-refractivity contribution in [1.29, 1.82) is 0 Å².